The largest absolute Gasteiger partial charge is 0.480 e. The van der Waals surface area contributed by atoms with E-state index >= 15 is 0 Å². The number of nitrogens with zero attached hydrogens (tertiary/aromatic N) is 2. The van der Waals surface area contributed by atoms with Crippen molar-refractivity contribution in [2.75, 3.05) is 32.7 Å². The zero-order valence-corrected chi connectivity index (χ0v) is 8.36. The van der Waals surface area contributed by atoms with Crippen molar-refractivity contribution in [1.29, 1.82) is 0 Å². The number of carboxylic acids is 1. The van der Waals surface area contributed by atoms with Crippen molar-refractivity contribution in [3.63, 3.8) is 0 Å². The summed E-state index contributed by atoms with van der Waals surface area (Å²) in [6, 6.07) is 0.578. The molecule has 0 aliphatic carbocycles. The third-order valence-electron chi connectivity index (χ3n) is 2.63. The van der Waals surface area contributed by atoms with Gasteiger partial charge < -0.3 is 5.11 Å². The summed E-state index contributed by atoms with van der Waals surface area (Å²) >= 11 is 0. The molecule has 1 rings (SSSR count). The molecule has 1 aliphatic rings. The molecule has 0 bridgehead atoms. The molecule has 0 aromatic heterocycles. The van der Waals surface area contributed by atoms with Gasteiger partial charge in [0.25, 0.3) is 0 Å². The van der Waals surface area contributed by atoms with Gasteiger partial charge in [-0.3, -0.25) is 14.6 Å². The minimum absolute atomic E-state index is 0.192. The zero-order valence-electron chi connectivity index (χ0n) is 8.36. The highest BCUT2D eigenvalue weighted by atomic mass is 16.4. The molecule has 0 spiro atoms. The lowest BCUT2D eigenvalue weighted by molar-refractivity contribution is -0.140. The maximum Gasteiger partial charge on any atom is 0.317 e. The van der Waals surface area contributed by atoms with Crippen LogP contribution >= 0.6 is 0 Å². The monoisotopic (exact) mass is 186 g/mol. The van der Waals surface area contributed by atoms with Crippen LogP contribution in [0.1, 0.15) is 13.8 Å². The van der Waals surface area contributed by atoms with E-state index in [2.05, 4.69) is 18.7 Å². The average Bonchev–Trinajstić information content (AvgIpc) is 2.01. The van der Waals surface area contributed by atoms with E-state index in [0.29, 0.717) is 6.04 Å². The topological polar surface area (TPSA) is 43.8 Å². The number of rotatable bonds is 5. The lowest BCUT2D eigenvalue weighted by Gasteiger charge is -2.44. The molecule has 0 unspecified atom stereocenters. The number of hydrogen-bond donors (Lipinski definition) is 1. The minimum Gasteiger partial charge on any atom is -0.480 e. The quantitative estimate of drug-likeness (QED) is 0.661. The van der Waals surface area contributed by atoms with Crippen LogP contribution in [0.3, 0.4) is 0 Å². The fraction of sp³-hybridized carbons (Fsp3) is 0.889. The predicted octanol–water partition coefficient (Wildman–Crippen LogP) is 0.0970. The highest BCUT2D eigenvalue weighted by molar-refractivity contribution is 5.69. The van der Waals surface area contributed by atoms with Crippen LogP contribution in [0.4, 0.5) is 0 Å². The summed E-state index contributed by atoms with van der Waals surface area (Å²) < 4.78 is 0. The van der Waals surface area contributed by atoms with Gasteiger partial charge in [-0.25, -0.2) is 0 Å². The Kier molecular flexibility index (Phi) is 3.69. The second-order valence-electron chi connectivity index (χ2n) is 3.46. The lowest BCUT2D eigenvalue weighted by atomic mass is 10.1. The molecule has 4 heteroatoms. The average molecular weight is 186 g/mol. The van der Waals surface area contributed by atoms with Gasteiger partial charge in [-0.1, -0.05) is 13.8 Å². The second-order valence-corrected chi connectivity index (χ2v) is 3.46. The molecule has 4 nitrogen and oxygen atoms in total. The number of likely N-dealkylation sites (tertiary alicyclic amines) is 1. The Hall–Kier alpha value is -0.610. The SMILES string of the molecule is CCN(CC)C1CN(CC(=O)O)C1. The summed E-state index contributed by atoms with van der Waals surface area (Å²) in [6.45, 7) is 8.41. The van der Waals surface area contributed by atoms with Crippen LogP contribution in [-0.2, 0) is 4.79 Å². The van der Waals surface area contributed by atoms with E-state index in [-0.39, 0.29) is 6.54 Å². The Bertz CT molecular complexity index is 174. The molecule has 1 heterocycles. The maximum atomic E-state index is 10.4. The van der Waals surface area contributed by atoms with Crippen LogP contribution in [0.25, 0.3) is 0 Å². The van der Waals surface area contributed by atoms with Crippen molar-refractivity contribution >= 4 is 5.97 Å². The van der Waals surface area contributed by atoms with Crippen molar-refractivity contribution < 1.29 is 9.90 Å². The summed E-state index contributed by atoms with van der Waals surface area (Å²) in [7, 11) is 0. The van der Waals surface area contributed by atoms with Crippen molar-refractivity contribution in [2.24, 2.45) is 0 Å². The highest BCUT2D eigenvalue weighted by Crippen LogP contribution is 2.13. The number of carboxylic acid groups (broad SMARTS) is 1. The molecule has 0 radical (unpaired) electrons. The van der Waals surface area contributed by atoms with Crippen molar-refractivity contribution in [3.05, 3.63) is 0 Å². The third kappa shape index (κ3) is 2.67. The van der Waals surface area contributed by atoms with Gasteiger partial charge in [-0.15, -0.1) is 0 Å². The third-order valence-corrected chi connectivity index (χ3v) is 2.63. The molecule has 0 atom stereocenters. The number of carbonyl (C=O) groups is 1. The molecule has 0 amide bonds. The van der Waals surface area contributed by atoms with Crippen LogP contribution in [0.2, 0.25) is 0 Å². The van der Waals surface area contributed by atoms with Gasteiger partial charge in [0, 0.05) is 19.1 Å². The zero-order chi connectivity index (χ0) is 9.84. The van der Waals surface area contributed by atoms with E-state index in [9.17, 15) is 4.79 Å². The molecular weight excluding hydrogens is 168 g/mol. The van der Waals surface area contributed by atoms with E-state index in [1.165, 1.54) is 0 Å². The predicted molar refractivity (Wildman–Crippen MR) is 50.8 cm³/mol. The second kappa shape index (κ2) is 4.58. The van der Waals surface area contributed by atoms with Gasteiger partial charge in [0.1, 0.15) is 0 Å². The molecule has 1 aliphatic heterocycles. The van der Waals surface area contributed by atoms with Crippen molar-refractivity contribution in [1.82, 2.24) is 9.80 Å². The number of hydrogen-bond acceptors (Lipinski definition) is 3. The number of likely N-dealkylation sites (N-methyl/N-ethyl adjacent to an activating group) is 1. The normalized spacial score (nSPS) is 19.0. The Morgan fingerprint density at radius 1 is 1.46 bits per heavy atom. The minimum atomic E-state index is -0.724. The van der Waals surface area contributed by atoms with Gasteiger partial charge in [-0.2, -0.15) is 0 Å². The Labute approximate surface area is 79.1 Å². The summed E-state index contributed by atoms with van der Waals surface area (Å²) in [5, 5.41) is 8.53. The summed E-state index contributed by atoms with van der Waals surface area (Å²) in [5.74, 6) is -0.724. The first-order valence-corrected chi connectivity index (χ1v) is 4.85. The summed E-state index contributed by atoms with van der Waals surface area (Å²) in [5.41, 5.74) is 0. The van der Waals surface area contributed by atoms with Crippen LogP contribution in [0.15, 0.2) is 0 Å². The molecule has 1 N–H and O–H groups in total. The van der Waals surface area contributed by atoms with Crippen LogP contribution in [0.5, 0.6) is 0 Å². The smallest absolute Gasteiger partial charge is 0.317 e. The fourth-order valence-corrected chi connectivity index (χ4v) is 1.83. The maximum absolute atomic E-state index is 10.4. The van der Waals surface area contributed by atoms with E-state index in [4.69, 9.17) is 5.11 Å². The molecule has 0 saturated carbocycles. The molecular formula is C9H18N2O2. The Morgan fingerprint density at radius 3 is 2.38 bits per heavy atom. The Balaban J connectivity index is 2.20. The first-order chi connectivity index (χ1) is 6.17. The Morgan fingerprint density at radius 2 is 2.00 bits per heavy atom. The molecule has 1 fully saturated rings. The van der Waals surface area contributed by atoms with Gasteiger partial charge in [0.15, 0.2) is 0 Å². The van der Waals surface area contributed by atoms with Crippen LogP contribution in [-0.4, -0.2) is 59.6 Å². The summed E-state index contributed by atoms with van der Waals surface area (Å²) in [6.07, 6.45) is 0. The van der Waals surface area contributed by atoms with E-state index in [0.717, 1.165) is 26.2 Å². The molecule has 13 heavy (non-hydrogen) atoms. The van der Waals surface area contributed by atoms with Gasteiger partial charge in [0.2, 0.25) is 0 Å². The first kappa shape index (κ1) is 10.5. The fourth-order valence-electron chi connectivity index (χ4n) is 1.83. The first-order valence-electron chi connectivity index (χ1n) is 4.85. The highest BCUT2D eigenvalue weighted by Gasteiger charge is 2.30. The van der Waals surface area contributed by atoms with Gasteiger partial charge >= 0.3 is 5.97 Å². The van der Waals surface area contributed by atoms with E-state index in [1.54, 1.807) is 0 Å². The standard InChI is InChI=1S/C9H18N2O2/c1-3-11(4-2)8-5-10(6-8)7-9(12)13/h8H,3-7H2,1-2H3,(H,12,13). The van der Waals surface area contributed by atoms with Gasteiger partial charge in [0.05, 0.1) is 6.54 Å². The summed E-state index contributed by atoms with van der Waals surface area (Å²) in [4.78, 5) is 14.7. The molecule has 76 valence electrons. The van der Waals surface area contributed by atoms with Crippen LogP contribution < -0.4 is 0 Å². The van der Waals surface area contributed by atoms with Gasteiger partial charge in [-0.05, 0) is 13.1 Å². The molecule has 1 saturated heterocycles. The lowest BCUT2D eigenvalue weighted by Crippen LogP contribution is -2.60. The van der Waals surface area contributed by atoms with E-state index < -0.39 is 5.97 Å². The molecule has 0 aromatic rings. The number of aliphatic carboxylic acids is 1. The van der Waals surface area contributed by atoms with E-state index in [1.807, 2.05) is 4.90 Å². The molecule has 0 aromatic carbocycles. The van der Waals surface area contributed by atoms with Crippen LogP contribution in [0, 0.1) is 0 Å². The van der Waals surface area contributed by atoms with Crippen molar-refractivity contribution in [3.8, 4) is 0 Å². The van der Waals surface area contributed by atoms with Crippen molar-refractivity contribution in [2.45, 2.75) is 19.9 Å².